The third-order valence-corrected chi connectivity index (χ3v) is 5.53. The minimum atomic E-state index is -0.136. The largest absolute Gasteiger partial charge is 0.378 e. The molecule has 0 atom stereocenters. The monoisotopic (exact) mass is 425 g/mol. The molecule has 0 unspecified atom stereocenters. The molecule has 1 fully saturated rings. The topological polar surface area (TPSA) is 80.2 Å². The van der Waals surface area contributed by atoms with Crippen molar-refractivity contribution < 1.29 is 9.53 Å². The Morgan fingerprint density at radius 3 is 2.66 bits per heavy atom. The quantitative estimate of drug-likeness (QED) is 0.528. The highest BCUT2D eigenvalue weighted by molar-refractivity contribution is 6.07. The van der Waals surface area contributed by atoms with Crippen LogP contribution in [0.4, 0.5) is 5.82 Å². The van der Waals surface area contributed by atoms with E-state index < -0.39 is 0 Å². The van der Waals surface area contributed by atoms with Crippen molar-refractivity contribution in [3.63, 3.8) is 0 Å². The molecule has 7 nitrogen and oxygen atoms in total. The van der Waals surface area contributed by atoms with Gasteiger partial charge in [0.1, 0.15) is 5.82 Å². The normalized spacial score (nSPS) is 13.8. The number of aromatic nitrogens is 3. The SMILES string of the molecule is O=C(NCc1ccnc(N2CCOCC2)c1)c1cc(-c2ccncc2)nc2ccccc12. The second kappa shape index (κ2) is 9.11. The Labute approximate surface area is 186 Å². The van der Waals surface area contributed by atoms with Gasteiger partial charge in [0.2, 0.25) is 0 Å². The number of hydrogen-bond acceptors (Lipinski definition) is 6. The summed E-state index contributed by atoms with van der Waals surface area (Å²) in [6, 6.07) is 17.3. The molecule has 0 aliphatic carbocycles. The molecule has 7 heteroatoms. The zero-order chi connectivity index (χ0) is 21.8. The van der Waals surface area contributed by atoms with Gasteiger partial charge < -0.3 is 15.0 Å². The van der Waals surface area contributed by atoms with E-state index in [4.69, 9.17) is 9.72 Å². The lowest BCUT2D eigenvalue weighted by Crippen LogP contribution is -2.36. The van der Waals surface area contributed by atoms with Gasteiger partial charge in [0.15, 0.2) is 0 Å². The summed E-state index contributed by atoms with van der Waals surface area (Å²) in [7, 11) is 0. The van der Waals surface area contributed by atoms with Crippen LogP contribution >= 0.6 is 0 Å². The summed E-state index contributed by atoms with van der Waals surface area (Å²) < 4.78 is 5.42. The smallest absolute Gasteiger partial charge is 0.252 e. The number of para-hydroxylation sites is 1. The molecule has 1 aliphatic rings. The number of morpholine rings is 1. The van der Waals surface area contributed by atoms with Crippen molar-refractivity contribution in [2.45, 2.75) is 6.54 Å². The number of pyridine rings is 3. The lowest BCUT2D eigenvalue weighted by atomic mass is 10.0. The van der Waals surface area contributed by atoms with Gasteiger partial charge >= 0.3 is 0 Å². The summed E-state index contributed by atoms with van der Waals surface area (Å²) in [6.07, 6.45) is 5.23. The van der Waals surface area contributed by atoms with Gasteiger partial charge in [-0.1, -0.05) is 18.2 Å². The summed E-state index contributed by atoms with van der Waals surface area (Å²) in [5, 5.41) is 3.89. The highest BCUT2D eigenvalue weighted by Gasteiger charge is 2.15. The number of anilines is 1. The maximum atomic E-state index is 13.2. The third kappa shape index (κ3) is 4.29. The minimum absolute atomic E-state index is 0.136. The molecule has 1 aliphatic heterocycles. The Morgan fingerprint density at radius 1 is 1.00 bits per heavy atom. The number of benzene rings is 1. The average Bonchev–Trinajstić information content (AvgIpc) is 2.88. The number of ether oxygens (including phenoxy) is 1. The van der Waals surface area contributed by atoms with E-state index in [-0.39, 0.29) is 5.91 Å². The zero-order valence-corrected chi connectivity index (χ0v) is 17.6. The fraction of sp³-hybridized carbons (Fsp3) is 0.200. The predicted molar refractivity (Wildman–Crippen MR) is 123 cm³/mol. The lowest BCUT2D eigenvalue weighted by Gasteiger charge is -2.28. The molecular weight excluding hydrogens is 402 g/mol. The van der Waals surface area contributed by atoms with Crippen LogP contribution in [0.25, 0.3) is 22.2 Å². The first-order valence-electron chi connectivity index (χ1n) is 10.6. The first kappa shape index (κ1) is 20.1. The molecule has 32 heavy (non-hydrogen) atoms. The van der Waals surface area contributed by atoms with Crippen LogP contribution in [-0.4, -0.2) is 47.2 Å². The summed E-state index contributed by atoms with van der Waals surface area (Å²) in [5.74, 6) is 0.776. The fourth-order valence-corrected chi connectivity index (χ4v) is 3.85. The van der Waals surface area contributed by atoms with Crippen molar-refractivity contribution in [2.75, 3.05) is 31.2 Å². The van der Waals surface area contributed by atoms with E-state index in [2.05, 4.69) is 20.2 Å². The van der Waals surface area contributed by atoms with E-state index in [0.29, 0.717) is 25.3 Å². The summed E-state index contributed by atoms with van der Waals surface area (Å²) >= 11 is 0. The Hall–Kier alpha value is -3.84. The van der Waals surface area contributed by atoms with Crippen LogP contribution in [-0.2, 0) is 11.3 Å². The average molecular weight is 425 g/mol. The predicted octanol–water partition coefficient (Wildman–Crippen LogP) is 3.46. The molecule has 3 aromatic heterocycles. The summed E-state index contributed by atoms with van der Waals surface area (Å²) in [5.41, 5.74) is 4.05. The highest BCUT2D eigenvalue weighted by Crippen LogP contribution is 2.24. The molecule has 4 heterocycles. The van der Waals surface area contributed by atoms with Crippen molar-refractivity contribution in [2.24, 2.45) is 0 Å². The first-order valence-corrected chi connectivity index (χ1v) is 10.6. The minimum Gasteiger partial charge on any atom is -0.378 e. The Balaban J connectivity index is 1.39. The third-order valence-electron chi connectivity index (χ3n) is 5.53. The molecule has 1 amide bonds. The standard InChI is InChI=1S/C25H23N5O2/c31-25(28-17-18-5-10-27-24(15-18)30-11-13-32-14-12-30)21-16-23(19-6-8-26-9-7-19)29-22-4-2-1-3-20(21)22/h1-10,15-16H,11-14,17H2,(H,28,31). The van der Waals surface area contributed by atoms with Crippen LogP contribution in [0.3, 0.4) is 0 Å². The molecule has 5 rings (SSSR count). The molecule has 0 bridgehead atoms. The molecule has 0 saturated carbocycles. The van der Waals surface area contributed by atoms with E-state index >= 15 is 0 Å². The van der Waals surface area contributed by atoms with Gasteiger partial charge in [-0.15, -0.1) is 0 Å². The van der Waals surface area contributed by atoms with E-state index in [1.807, 2.05) is 54.6 Å². The van der Waals surface area contributed by atoms with Crippen molar-refractivity contribution in [1.82, 2.24) is 20.3 Å². The number of nitrogens with one attached hydrogen (secondary N) is 1. The number of rotatable bonds is 5. The highest BCUT2D eigenvalue weighted by atomic mass is 16.5. The number of carbonyl (C=O) groups is 1. The number of carbonyl (C=O) groups excluding carboxylic acids is 1. The number of fused-ring (bicyclic) bond motifs is 1. The summed E-state index contributed by atoms with van der Waals surface area (Å²) in [4.78, 5) is 28.7. The van der Waals surface area contributed by atoms with Crippen molar-refractivity contribution in [3.05, 3.63) is 84.3 Å². The maximum Gasteiger partial charge on any atom is 0.252 e. The van der Waals surface area contributed by atoms with Gasteiger partial charge in [0.25, 0.3) is 5.91 Å². The van der Waals surface area contributed by atoms with Gasteiger partial charge in [-0.05, 0) is 42.0 Å². The molecule has 160 valence electrons. The molecule has 1 aromatic carbocycles. The second-order valence-electron chi connectivity index (χ2n) is 7.61. The summed E-state index contributed by atoms with van der Waals surface area (Å²) in [6.45, 7) is 3.47. The number of hydrogen-bond donors (Lipinski definition) is 1. The van der Waals surface area contributed by atoms with Gasteiger partial charge in [0, 0.05) is 49.2 Å². The molecule has 1 N–H and O–H groups in total. The molecule has 1 saturated heterocycles. The van der Waals surface area contributed by atoms with Crippen LogP contribution in [0.1, 0.15) is 15.9 Å². The van der Waals surface area contributed by atoms with E-state index in [1.165, 1.54) is 0 Å². The maximum absolute atomic E-state index is 13.2. The van der Waals surface area contributed by atoms with Gasteiger partial charge in [0.05, 0.1) is 30.0 Å². The first-order chi connectivity index (χ1) is 15.8. The molecule has 4 aromatic rings. The van der Waals surface area contributed by atoms with Crippen molar-refractivity contribution >= 4 is 22.6 Å². The van der Waals surface area contributed by atoms with Gasteiger partial charge in [-0.2, -0.15) is 0 Å². The van der Waals surface area contributed by atoms with Crippen LogP contribution in [0, 0.1) is 0 Å². The van der Waals surface area contributed by atoms with Crippen LogP contribution in [0.2, 0.25) is 0 Å². The van der Waals surface area contributed by atoms with Crippen molar-refractivity contribution in [1.29, 1.82) is 0 Å². The lowest BCUT2D eigenvalue weighted by molar-refractivity contribution is 0.0952. The Kier molecular flexibility index (Phi) is 5.72. The van der Waals surface area contributed by atoms with Crippen molar-refractivity contribution in [3.8, 4) is 11.3 Å². The fourth-order valence-electron chi connectivity index (χ4n) is 3.85. The van der Waals surface area contributed by atoms with Gasteiger partial charge in [-0.3, -0.25) is 9.78 Å². The van der Waals surface area contributed by atoms with Gasteiger partial charge in [-0.25, -0.2) is 9.97 Å². The second-order valence-corrected chi connectivity index (χ2v) is 7.61. The van der Waals surface area contributed by atoms with E-state index in [0.717, 1.165) is 46.6 Å². The number of amides is 1. The van der Waals surface area contributed by atoms with Crippen LogP contribution < -0.4 is 10.2 Å². The Bertz CT molecular complexity index is 1240. The molecule has 0 radical (unpaired) electrons. The molecular formula is C25H23N5O2. The Morgan fingerprint density at radius 2 is 1.81 bits per heavy atom. The molecule has 0 spiro atoms. The zero-order valence-electron chi connectivity index (χ0n) is 17.6. The van der Waals surface area contributed by atoms with Crippen LogP contribution in [0.15, 0.2) is 73.2 Å². The van der Waals surface area contributed by atoms with E-state index in [9.17, 15) is 4.79 Å². The van der Waals surface area contributed by atoms with E-state index in [1.54, 1.807) is 18.6 Å². The number of nitrogens with zero attached hydrogens (tertiary/aromatic N) is 4. The van der Waals surface area contributed by atoms with Crippen LogP contribution in [0.5, 0.6) is 0 Å².